The SMILES string of the molecule is CC(Sc1nnc2n(C)c(=O)c3ccccc3n12)C(=O)Nc1ccc(C#N)c(Cl)c1. The molecular weight excluding hydrogens is 424 g/mol. The minimum atomic E-state index is -0.511. The average Bonchev–Trinajstić information content (AvgIpc) is 3.16. The Balaban J connectivity index is 1.64. The Morgan fingerprint density at radius 3 is 2.77 bits per heavy atom. The Labute approximate surface area is 180 Å². The third-order valence-corrected chi connectivity index (χ3v) is 5.96. The number of halogens is 1. The molecule has 0 aliphatic carbocycles. The van der Waals surface area contributed by atoms with Gasteiger partial charge in [0, 0.05) is 12.7 Å². The van der Waals surface area contributed by atoms with E-state index in [9.17, 15) is 9.59 Å². The number of rotatable bonds is 4. The van der Waals surface area contributed by atoms with Crippen LogP contribution in [0.5, 0.6) is 0 Å². The monoisotopic (exact) mass is 438 g/mol. The van der Waals surface area contributed by atoms with Crippen LogP contribution in [-0.2, 0) is 11.8 Å². The number of nitrogens with zero attached hydrogens (tertiary/aromatic N) is 5. The fraction of sp³-hybridized carbons (Fsp3) is 0.150. The number of aromatic nitrogens is 4. The van der Waals surface area contributed by atoms with E-state index in [0.717, 1.165) is 0 Å². The highest BCUT2D eigenvalue weighted by Crippen LogP contribution is 2.26. The van der Waals surface area contributed by atoms with Crippen molar-refractivity contribution in [1.82, 2.24) is 19.2 Å². The largest absolute Gasteiger partial charge is 0.325 e. The molecule has 4 rings (SSSR count). The highest BCUT2D eigenvalue weighted by atomic mass is 35.5. The Morgan fingerprint density at radius 1 is 1.27 bits per heavy atom. The molecule has 1 N–H and O–H groups in total. The molecule has 0 aliphatic rings. The molecule has 30 heavy (non-hydrogen) atoms. The number of nitriles is 1. The van der Waals surface area contributed by atoms with E-state index in [-0.39, 0.29) is 16.5 Å². The summed E-state index contributed by atoms with van der Waals surface area (Å²) >= 11 is 7.25. The summed E-state index contributed by atoms with van der Waals surface area (Å²) < 4.78 is 3.20. The van der Waals surface area contributed by atoms with Crippen LogP contribution >= 0.6 is 23.4 Å². The van der Waals surface area contributed by atoms with Gasteiger partial charge in [-0.25, -0.2) is 0 Å². The molecule has 0 aliphatic heterocycles. The Hall–Kier alpha value is -3.35. The molecule has 2 heterocycles. The molecule has 10 heteroatoms. The Morgan fingerprint density at radius 2 is 2.03 bits per heavy atom. The smallest absolute Gasteiger partial charge is 0.262 e. The van der Waals surface area contributed by atoms with Crippen molar-refractivity contribution in [2.75, 3.05) is 5.32 Å². The highest BCUT2D eigenvalue weighted by molar-refractivity contribution is 8.00. The molecule has 0 spiro atoms. The minimum absolute atomic E-state index is 0.162. The van der Waals surface area contributed by atoms with Gasteiger partial charge >= 0.3 is 0 Å². The summed E-state index contributed by atoms with van der Waals surface area (Å²) in [6, 6.07) is 13.9. The first-order chi connectivity index (χ1) is 14.4. The van der Waals surface area contributed by atoms with Crippen LogP contribution in [0.15, 0.2) is 52.4 Å². The van der Waals surface area contributed by atoms with Gasteiger partial charge in [-0.15, -0.1) is 10.2 Å². The first-order valence-electron chi connectivity index (χ1n) is 8.90. The molecule has 4 aromatic rings. The van der Waals surface area contributed by atoms with Gasteiger partial charge in [-0.3, -0.25) is 18.6 Å². The second kappa shape index (κ2) is 7.82. The number of benzene rings is 2. The maximum atomic E-state index is 12.7. The summed E-state index contributed by atoms with van der Waals surface area (Å²) in [6.45, 7) is 1.75. The van der Waals surface area contributed by atoms with Gasteiger partial charge in [-0.1, -0.05) is 35.5 Å². The number of fused-ring (bicyclic) bond motifs is 3. The van der Waals surface area contributed by atoms with Crippen LogP contribution in [0.1, 0.15) is 12.5 Å². The van der Waals surface area contributed by atoms with Gasteiger partial charge in [0.2, 0.25) is 11.7 Å². The second-order valence-electron chi connectivity index (χ2n) is 6.56. The maximum absolute atomic E-state index is 12.7. The summed E-state index contributed by atoms with van der Waals surface area (Å²) in [5, 5.41) is 20.9. The lowest BCUT2D eigenvalue weighted by Crippen LogP contribution is -2.23. The molecule has 150 valence electrons. The third-order valence-electron chi connectivity index (χ3n) is 4.60. The number of hydrogen-bond acceptors (Lipinski definition) is 6. The maximum Gasteiger partial charge on any atom is 0.262 e. The Bertz CT molecular complexity index is 1400. The predicted octanol–water partition coefficient (Wildman–Crippen LogP) is 3.23. The van der Waals surface area contributed by atoms with Crippen molar-refractivity contribution < 1.29 is 4.79 Å². The van der Waals surface area contributed by atoms with Crippen molar-refractivity contribution in [3.63, 3.8) is 0 Å². The molecule has 2 aromatic carbocycles. The molecule has 0 bridgehead atoms. The minimum Gasteiger partial charge on any atom is -0.325 e. The first kappa shape index (κ1) is 19.9. The Kier molecular flexibility index (Phi) is 5.20. The number of carbonyl (C=O) groups is 1. The number of carbonyl (C=O) groups excluding carboxylic acids is 1. The molecule has 0 fully saturated rings. The van der Waals surface area contributed by atoms with E-state index in [1.165, 1.54) is 22.4 Å². The quantitative estimate of drug-likeness (QED) is 0.490. The number of hydrogen-bond donors (Lipinski definition) is 1. The lowest BCUT2D eigenvalue weighted by molar-refractivity contribution is -0.115. The van der Waals surface area contributed by atoms with E-state index in [0.29, 0.717) is 33.1 Å². The number of aryl methyl sites for hydroxylation is 1. The van der Waals surface area contributed by atoms with Gasteiger partial charge in [0.15, 0.2) is 5.16 Å². The molecule has 1 amide bonds. The summed E-state index contributed by atoms with van der Waals surface area (Å²) in [6.07, 6.45) is 0. The van der Waals surface area contributed by atoms with Crippen molar-refractivity contribution in [1.29, 1.82) is 5.26 Å². The molecule has 0 radical (unpaired) electrons. The zero-order valence-electron chi connectivity index (χ0n) is 16.0. The molecule has 2 aromatic heterocycles. The van der Waals surface area contributed by atoms with Crippen LogP contribution in [-0.4, -0.2) is 30.3 Å². The predicted molar refractivity (Wildman–Crippen MR) is 116 cm³/mol. The fourth-order valence-corrected chi connectivity index (χ4v) is 4.11. The lowest BCUT2D eigenvalue weighted by atomic mass is 10.2. The number of anilines is 1. The zero-order chi connectivity index (χ0) is 21.4. The zero-order valence-corrected chi connectivity index (χ0v) is 17.5. The van der Waals surface area contributed by atoms with Crippen molar-refractivity contribution >= 4 is 51.6 Å². The molecule has 1 atom stereocenters. The van der Waals surface area contributed by atoms with Crippen molar-refractivity contribution in [3.8, 4) is 6.07 Å². The van der Waals surface area contributed by atoms with Gasteiger partial charge in [0.1, 0.15) is 6.07 Å². The average molecular weight is 439 g/mol. The molecule has 0 saturated carbocycles. The summed E-state index contributed by atoms with van der Waals surface area (Å²) in [5.74, 6) is 0.138. The van der Waals surface area contributed by atoms with Crippen molar-refractivity contribution in [3.05, 3.63) is 63.4 Å². The van der Waals surface area contributed by atoms with Crippen LogP contribution in [0.2, 0.25) is 5.02 Å². The van der Waals surface area contributed by atoms with Crippen LogP contribution in [0.25, 0.3) is 16.7 Å². The van der Waals surface area contributed by atoms with Gasteiger partial charge in [-0.05, 0) is 37.3 Å². The van der Waals surface area contributed by atoms with E-state index >= 15 is 0 Å². The van der Waals surface area contributed by atoms with Crippen LogP contribution in [0.3, 0.4) is 0 Å². The lowest BCUT2D eigenvalue weighted by Gasteiger charge is -2.12. The van der Waals surface area contributed by atoms with E-state index in [2.05, 4.69) is 15.5 Å². The van der Waals surface area contributed by atoms with Gasteiger partial charge in [0.05, 0.1) is 26.7 Å². The molecule has 1 unspecified atom stereocenters. The van der Waals surface area contributed by atoms with Crippen molar-refractivity contribution in [2.45, 2.75) is 17.3 Å². The number of para-hydroxylation sites is 1. The molecule has 8 nitrogen and oxygen atoms in total. The summed E-state index contributed by atoms with van der Waals surface area (Å²) in [7, 11) is 1.64. The number of nitrogens with one attached hydrogen (secondary N) is 1. The van der Waals surface area contributed by atoms with Crippen molar-refractivity contribution in [2.24, 2.45) is 7.05 Å². The van der Waals surface area contributed by atoms with Crippen LogP contribution in [0, 0.1) is 11.3 Å². The third kappa shape index (κ3) is 3.40. The second-order valence-corrected chi connectivity index (χ2v) is 8.27. The van der Waals surface area contributed by atoms with Crippen LogP contribution < -0.4 is 10.9 Å². The van der Waals surface area contributed by atoms with E-state index in [4.69, 9.17) is 16.9 Å². The van der Waals surface area contributed by atoms with E-state index in [1.54, 1.807) is 42.6 Å². The molecule has 0 saturated heterocycles. The summed E-state index contributed by atoms with van der Waals surface area (Å²) in [5.41, 5.74) is 1.35. The van der Waals surface area contributed by atoms with Gasteiger partial charge in [0.25, 0.3) is 5.56 Å². The normalized spacial score (nSPS) is 12.1. The van der Waals surface area contributed by atoms with Gasteiger partial charge < -0.3 is 5.32 Å². The van der Waals surface area contributed by atoms with Crippen LogP contribution in [0.4, 0.5) is 5.69 Å². The number of amides is 1. The first-order valence-corrected chi connectivity index (χ1v) is 10.2. The van der Waals surface area contributed by atoms with E-state index < -0.39 is 5.25 Å². The van der Waals surface area contributed by atoms with E-state index in [1.807, 2.05) is 18.2 Å². The number of thioether (sulfide) groups is 1. The molecular formula is C20H15ClN6O2S. The highest BCUT2D eigenvalue weighted by Gasteiger charge is 2.21. The fourth-order valence-electron chi connectivity index (χ4n) is 3.03. The summed E-state index contributed by atoms with van der Waals surface area (Å²) in [4.78, 5) is 25.2. The topological polar surface area (TPSA) is 105 Å². The van der Waals surface area contributed by atoms with Gasteiger partial charge in [-0.2, -0.15) is 5.26 Å². The standard InChI is InChI=1S/C20H15ClN6O2S/c1-11(17(28)23-13-8-7-12(10-22)15(21)9-13)30-20-25-24-19-26(2)18(29)14-5-3-4-6-16(14)27(19)20/h3-9,11H,1-2H3,(H,23,28).